The Labute approximate surface area is 119 Å². The van der Waals surface area contributed by atoms with Crippen molar-refractivity contribution in [2.24, 2.45) is 0 Å². The molecule has 0 saturated heterocycles. The van der Waals surface area contributed by atoms with E-state index in [9.17, 15) is 4.79 Å². The molecule has 19 heavy (non-hydrogen) atoms. The summed E-state index contributed by atoms with van der Waals surface area (Å²) < 4.78 is 2.18. The van der Waals surface area contributed by atoms with Crippen molar-refractivity contribution in [2.75, 3.05) is 6.26 Å². The highest BCUT2D eigenvalue weighted by Gasteiger charge is 2.16. The zero-order valence-corrected chi connectivity index (χ0v) is 12.7. The van der Waals surface area contributed by atoms with Crippen LogP contribution < -0.4 is 0 Å². The minimum Gasteiger partial charge on any atom is -0.312 e. The number of hydrogen-bond acceptors (Lipinski definition) is 2. The lowest BCUT2D eigenvalue weighted by molar-refractivity contribution is -0.104. The zero-order chi connectivity index (χ0) is 13.8. The van der Waals surface area contributed by atoms with Gasteiger partial charge in [0.2, 0.25) is 0 Å². The molecule has 0 radical (unpaired) electrons. The molecule has 2 rings (SSSR count). The molecule has 0 fully saturated rings. The summed E-state index contributed by atoms with van der Waals surface area (Å²) in [6, 6.07) is 4.20. The van der Waals surface area contributed by atoms with Crippen LogP contribution in [0.2, 0.25) is 0 Å². The molecule has 0 amide bonds. The third-order valence-electron chi connectivity index (χ3n) is 3.65. The average Bonchev–Trinajstić information content (AvgIpc) is 2.77. The Hall–Kier alpha value is -1.22. The van der Waals surface area contributed by atoms with Crippen molar-refractivity contribution < 1.29 is 4.79 Å². The molecule has 3 heteroatoms. The number of aromatic nitrogens is 1. The van der Waals surface area contributed by atoms with Gasteiger partial charge in [0, 0.05) is 17.0 Å². The summed E-state index contributed by atoms with van der Waals surface area (Å²) in [4.78, 5) is 11.6. The van der Waals surface area contributed by atoms with Crippen molar-refractivity contribution in [3.63, 3.8) is 0 Å². The molecule has 0 spiro atoms. The van der Waals surface area contributed by atoms with Gasteiger partial charge < -0.3 is 4.57 Å². The summed E-state index contributed by atoms with van der Waals surface area (Å²) in [5.74, 6) is 0. The number of carbonyl (C=O) groups excluding carboxylic acids is 1. The molecule has 0 aliphatic heterocycles. The Kier molecular flexibility index (Phi) is 4.70. The fraction of sp³-hybridized carbons (Fsp3) is 0.438. The van der Waals surface area contributed by atoms with E-state index in [0.717, 1.165) is 29.7 Å². The predicted octanol–water partition coefficient (Wildman–Crippen LogP) is 4.34. The second-order valence-electron chi connectivity index (χ2n) is 4.97. The Morgan fingerprint density at radius 2 is 1.95 bits per heavy atom. The van der Waals surface area contributed by atoms with Gasteiger partial charge in [0.25, 0.3) is 0 Å². The fourth-order valence-corrected chi connectivity index (χ4v) is 3.53. The van der Waals surface area contributed by atoms with Crippen molar-refractivity contribution in [2.45, 2.75) is 39.5 Å². The topological polar surface area (TPSA) is 22.0 Å². The van der Waals surface area contributed by atoms with Gasteiger partial charge in [-0.3, -0.25) is 4.79 Å². The van der Waals surface area contributed by atoms with Crippen molar-refractivity contribution in [3.8, 4) is 0 Å². The van der Waals surface area contributed by atoms with E-state index in [1.807, 2.05) is 6.26 Å². The predicted molar refractivity (Wildman–Crippen MR) is 83.3 cm³/mol. The van der Waals surface area contributed by atoms with Gasteiger partial charge in [-0.1, -0.05) is 6.08 Å². The summed E-state index contributed by atoms with van der Waals surface area (Å²) in [6.45, 7) is 4.17. The zero-order valence-electron chi connectivity index (χ0n) is 11.9. The molecule has 102 valence electrons. The number of nitrogens with zero attached hydrogens (tertiary/aromatic N) is 1. The molecule has 0 aromatic carbocycles. The first kappa shape index (κ1) is 14.2. The van der Waals surface area contributed by atoms with Crippen LogP contribution in [0, 0.1) is 13.8 Å². The molecule has 2 nitrogen and oxygen atoms in total. The van der Waals surface area contributed by atoms with Crippen LogP contribution in [0.3, 0.4) is 0 Å². The highest BCUT2D eigenvalue weighted by atomic mass is 32.2. The number of allylic oxidation sites excluding steroid dienone is 3. The number of carbonyl (C=O) groups is 1. The average molecular weight is 275 g/mol. The molecule has 1 aromatic heterocycles. The minimum atomic E-state index is 0.870. The minimum absolute atomic E-state index is 0.870. The first-order valence-corrected chi connectivity index (χ1v) is 7.99. The van der Waals surface area contributed by atoms with Crippen LogP contribution in [0.15, 0.2) is 29.4 Å². The third kappa shape index (κ3) is 2.86. The van der Waals surface area contributed by atoms with Crippen LogP contribution in [0.4, 0.5) is 0 Å². The molecule has 0 saturated carbocycles. The Balaban J connectivity index is 2.55. The van der Waals surface area contributed by atoms with Gasteiger partial charge in [-0.15, -0.1) is 11.8 Å². The van der Waals surface area contributed by atoms with E-state index in [2.05, 4.69) is 36.6 Å². The van der Waals surface area contributed by atoms with Crippen molar-refractivity contribution in [1.29, 1.82) is 0 Å². The second kappa shape index (κ2) is 6.29. The first-order valence-electron chi connectivity index (χ1n) is 6.77. The van der Waals surface area contributed by atoms with Crippen LogP contribution in [0.25, 0.3) is 5.03 Å². The van der Waals surface area contributed by atoms with E-state index in [4.69, 9.17) is 0 Å². The molecule has 0 N–H and O–H groups in total. The first-order chi connectivity index (χ1) is 9.19. The third-order valence-corrected chi connectivity index (χ3v) is 4.44. The Bertz CT molecular complexity index is 517. The molecule has 0 bridgehead atoms. The lowest BCUT2D eigenvalue weighted by Crippen LogP contribution is -2.06. The number of thioether (sulfide) groups is 1. The smallest absolute Gasteiger partial charge is 0.152 e. The fourth-order valence-electron chi connectivity index (χ4n) is 2.66. The van der Waals surface area contributed by atoms with Gasteiger partial charge in [-0.05, 0) is 63.5 Å². The summed E-state index contributed by atoms with van der Waals surface area (Å²) in [6.07, 6.45) is 9.86. The lowest BCUT2D eigenvalue weighted by atomic mass is 9.94. The summed E-state index contributed by atoms with van der Waals surface area (Å²) >= 11 is 1.65. The largest absolute Gasteiger partial charge is 0.312 e. The molecule has 1 aromatic rings. The molecule has 0 atom stereocenters. The maximum absolute atomic E-state index is 11.6. The maximum Gasteiger partial charge on any atom is 0.152 e. The van der Waals surface area contributed by atoms with Crippen LogP contribution in [-0.4, -0.2) is 17.1 Å². The van der Waals surface area contributed by atoms with E-state index >= 15 is 0 Å². The van der Waals surface area contributed by atoms with Gasteiger partial charge in [0.15, 0.2) is 6.29 Å². The highest BCUT2D eigenvalue weighted by Crippen LogP contribution is 2.33. The SMILES string of the molecule is CS/C(=C(/C=O)C1=CCCCC1)n1c(C)ccc1C. The summed E-state index contributed by atoms with van der Waals surface area (Å²) in [7, 11) is 0. The number of aryl methyl sites for hydroxylation is 2. The van der Waals surface area contributed by atoms with E-state index in [-0.39, 0.29) is 0 Å². The molecule has 1 heterocycles. The van der Waals surface area contributed by atoms with Crippen LogP contribution in [0.5, 0.6) is 0 Å². The van der Waals surface area contributed by atoms with Gasteiger partial charge in [0.05, 0.1) is 5.03 Å². The second-order valence-corrected chi connectivity index (χ2v) is 5.76. The summed E-state index contributed by atoms with van der Waals surface area (Å²) in [5.41, 5.74) is 4.45. The van der Waals surface area contributed by atoms with Crippen LogP contribution in [0.1, 0.15) is 37.1 Å². The van der Waals surface area contributed by atoms with Gasteiger partial charge >= 0.3 is 0 Å². The molecular formula is C16H21NOS. The van der Waals surface area contributed by atoms with Crippen molar-refractivity contribution in [3.05, 3.63) is 40.7 Å². The molecule has 1 aliphatic rings. The number of aldehydes is 1. The standard InChI is InChI=1S/C16H21NOS/c1-12-9-10-13(2)17(12)16(19-3)15(11-18)14-7-5-4-6-8-14/h7,9-11H,4-6,8H2,1-3H3/b16-15-. The lowest BCUT2D eigenvalue weighted by Gasteiger charge is -2.19. The van der Waals surface area contributed by atoms with Crippen LogP contribution >= 0.6 is 11.8 Å². The van der Waals surface area contributed by atoms with E-state index in [1.165, 1.54) is 29.8 Å². The van der Waals surface area contributed by atoms with Gasteiger partial charge in [-0.25, -0.2) is 0 Å². The van der Waals surface area contributed by atoms with E-state index in [1.54, 1.807) is 11.8 Å². The molecule has 1 aliphatic carbocycles. The number of rotatable bonds is 4. The van der Waals surface area contributed by atoms with E-state index in [0.29, 0.717) is 0 Å². The van der Waals surface area contributed by atoms with Gasteiger partial charge in [0.1, 0.15) is 0 Å². The van der Waals surface area contributed by atoms with Crippen molar-refractivity contribution >= 4 is 23.1 Å². The Morgan fingerprint density at radius 3 is 2.42 bits per heavy atom. The van der Waals surface area contributed by atoms with Gasteiger partial charge in [-0.2, -0.15) is 0 Å². The molecular weight excluding hydrogens is 254 g/mol. The monoisotopic (exact) mass is 275 g/mol. The highest BCUT2D eigenvalue weighted by molar-refractivity contribution is 8.07. The Morgan fingerprint density at radius 1 is 1.26 bits per heavy atom. The quantitative estimate of drug-likeness (QED) is 0.602. The van der Waals surface area contributed by atoms with Crippen LogP contribution in [-0.2, 0) is 4.79 Å². The number of hydrogen-bond donors (Lipinski definition) is 0. The van der Waals surface area contributed by atoms with E-state index < -0.39 is 0 Å². The maximum atomic E-state index is 11.6. The normalized spacial score (nSPS) is 16.9. The molecule has 0 unspecified atom stereocenters. The summed E-state index contributed by atoms with van der Waals surface area (Å²) in [5, 5.41) is 1.06. The van der Waals surface area contributed by atoms with Crippen molar-refractivity contribution in [1.82, 2.24) is 4.57 Å².